The van der Waals surface area contributed by atoms with Crippen molar-refractivity contribution < 1.29 is 14.4 Å². The molecule has 3 aromatic carbocycles. The van der Waals surface area contributed by atoms with Crippen molar-refractivity contribution in [3.63, 3.8) is 0 Å². The lowest BCUT2D eigenvalue weighted by Crippen LogP contribution is -2.43. The SMILES string of the molecule is O=C(CN1C(=O)N[C@@H](Cc2c[nH]c3ccccc23)C1=O)N(CCc1ccccc1)Cc1ccccc1. The van der Waals surface area contributed by atoms with Crippen LogP contribution in [0.2, 0.25) is 0 Å². The second-order valence-electron chi connectivity index (χ2n) is 9.03. The number of H-pyrrole nitrogens is 1. The van der Waals surface area contributed by atoms with Crippen LogP contribution < -0.4 is 5.32 Å². The zero-order valence-corrected chi connectivity index (χ0v) is 19.9. The third-order valence-corrected chi connectivity index (χ3v) is 6.58. The van der Waals surface area contributed by atoms with Gasteiger partial charge >= 0.3 is 6.03 Å². The van der Waals surface area contributed by atoms with Gasteiger partial charge in [0.2, 0.25) is 5.91 Å². The third kappa shape index (κ3) is 5.15. The number of hydrogen-bond acceptors (Lipinski definition) is 3. The number of rotatable bonds is 9. The van der Waals surface area contributed by atoms with E-state index in [1.54, 1.807) is 4.90 Å². The lowest BCUT2D eigenvalue weighted by atomic mass is 10.1. The van der Waals surface area contributed by atoms with Crippen LogP contribution in [0.25, 0.3) is 10.9 Å². The molecule has 1 fully saturated rings. The van der Waals surface area contributed by atoms with Crippen molar-refractivity contribution >= 4 is 28.7 Å². The van der Waals surface area contributed by atoms with E-state index in [2.05, 4.69) is 10.3 Å². The zero-order valence-electron chi connectivity index (χ0n) is 19.9. The molecule has 2 heterocycles. The van der Waals surface area contributed by atoms with Crippen LogP contribution in [0, 0.1) is 0 Å². The van der Waals surface area contributed by atoms with Crippen LogP contribution in [0.3, 0.4) is 0 Å². The molecular formula is C29H28N4O3. The molecule has 1 atom stereocenters. The Balaban J connectivity index is 1.27. The summed E-state index contributed by atoms with van der Waals surface area (Å²) in [5.41, 5.74) is 4.04. The minimum absolute atomic E-state index is 0.258. The standard InChI is InChI=1S/C29H28N4O3/c34-27(32(19-22-11-5-2-6-12-22)16-15-21-9-3-1-4-10-21)20-33-28(35)26(31-29(33)36)17-23-18-30-25-14-8-7-13-24(23)25/h1-14,18,26,30H,15-17,19-20H2,(H,31,36)/t26-/m0/s1. The highest BCUT2D eigenvalue weighted by Gasteiger charge is 2.39. The number of nitrogens with zero attached hydrogens (tertiary/aromatic N) is 2. The van der Waals surface area contributed by atoms with Crippen LogP contribution in [0.1, 0.15) is 16.7 Å². The molecule has 4 amide bonds. The number of imide groups is 1. The number of aromatic amines is 1. The monoisotopic (exact) mass is 480 g/mol. The van der Waals surface area contributed by atoms with Gasteiger partial charge in [0.25, 0.3) is 5.91 Å². The Bertz CT molecular complexity index is 1370. The maximum Gasteiger partial charge on any atom is 0.325 e. The molecule has 0 spiro atoms. The molecule has 1 aliphatic heterocycles. The smallest absolute Gasteiger partial charge is 0.325 e. The van der Waals surface area contributed by atoms with E-state index >= 15 is 0 Å². The molecule has 7 heteroatoms. The van der Waals surface area contributed by atoms with Gasteiger partial charge in [0.15, 0.2) is 0 Å². The molecule has 0 radical (unpaired) electrons. The van der Waals surface area contributed by atoms with E-state index in [0.29, 0.717) is 25.9 Å². The van der Waals surface area contributed by atoms with E-state index in [0.717, 1.165) is 32.5 Å². The summed E-state index contributed by atoms with van der Waals surface area (Å²) in [5.74, 6) is -0.632. The molecule has 1 aliphatic rings. The molecule has 4 aromatic rings. The number of aromatic nitrogens is 1. The average molecular weight is 481 g/mol. The van der Waals surface area contributed by atoms with Crippen molar-refractivity contribution in [2.24, 2.45) is 0 Å². The summed E-state index contributed by atoms with van der Waals surface area (Å²) in [6.07, 6.45) is 2.91. The fraction of sp³-hybridized carbons (Fsp3) is 0.207. The first-order valence-electron chi connectivity index (χ1n) is 12.1. The second kappa shape index (κ2) is 10.5. The molecule has 182 valence electrons. The minimum atomic E-state index is -0.698. The number of fused-ring (bicyclic) bond motifs is 1. The molecule has 1 saturated heterocycles. The Morgan fingerprint density at radius 1 is 0.861 bits per heavy atom. The van der Waals surface area contributed by atoms with E-state index < -0.39 is 12.1 Å². The largest absolute Gasteiger partial charge is 0.361 e. The number of urea groups is 1. The Morgan fingerprint density at radius 2 is 1.53 bits per heavy atom. The molecule has 0 bridgehead atoms. The van der Waals surface area contributed by atoms with Crippen molar-refractivity contribution in [2.45, 2.75) is 25.4 Å². The van der Waals surface area contributed by atoms with Gasteiger partial charge in [0.05, 0.1) is 0 Å². The average Bonchev–Trinajstić information content (AvgIpc) is 3.43. The summed E-state index contributed by atoms with van der Waals surface area (Å²) in [5, 5.41) is 3.78. The van der Waals surface area contributed by atoms with Crippen LogP contribution in [-0.2, 0) is 29.0 Å². The Labute approximate surface area is 209 Å². The summed E-state index contributed by atoms with van der Waals surface area (Å²) in [7, 11) is 0. The van der Waals surface area contributed by atoms with Gasteiger partial charge in [-0.2, -0.15) is 0 Å². The van der Waals surface area contributed by atoms with E-state index in [9.17, 15) is 14.4 Å². The number of nitrogens with one attached hydrogen (secondary N) is 2. The first kappa shape index (κ1) is 23.4. The summed E-state index contributed by atoms with van der Waals surface area (Å²) in [6.45, 7) is 0.617. The summed E-state index contributed by atoms with van der Waals surface area (Å²) in [6, 6.07) is 26.3. The Morgan fingerprint density at radius 3 is 2.28 bits per heavy atom. The van der Waals surface area contributed by atoms with Crippen LogP contribution >= 0.6 is 0 Å². The van der Waals surface area contributed by atoms with Crippen molar-refractivity contribution in [1.29, 1.82) is 0 Å². The van der Waals surface area contributed by atoms with Crippen molar-refractivity contribution in [3.05, 3.63) is 108 Å². The highest BCUT2D eigenvalue weighted by molar-refractivity contribution is 6.06. The van der Waals surface area contributed by atoms with Gasteiger partial charge in [-0.15, -0.1) is 0 Å². The normalized spacial score (nSPS) is 15.3. The Hall–Kier alpha value is -4.39. The molecule has 5 rings (SSSR count). The van der Waals surface area contributed by atoms with E-state index in [4.69, 9.17) is 0 Å². The summed E-state index contributed by atoms with van der Waals surface area (Å²) < 4.78 is 0. The number of carbonyl (C=O) groups excluding carboxylic acids is 3. The number of hydrogen-bond donors (Lipinski definition) is 2. The Kier molecular flexibility index (Phi) is 6.80. The molecule has 1 aromatic heterocycles. The number of amides is 4. The summed E-state index contributed by atoms with van der Waals surface area (Å²) in [4.78, 5) is 45.2. The molecule has 36 heavy (non-hydrogen) atoms. The highest BCUT2D eigenvalue weighted by Crippen LogP contribution is 2.21. The number of para-hydroxylation sites is 1. The maximum absolute atomic E-state index is 13.4. The topological polar surface area (TPSA) is 85.5 Å². The lowest BCUT2D eigenvalue weighted by molar-refractivity contribution is -0.137. The van der Waals surface area contributed by atoms with Crippen LogP contribution in [0.15, 0.2) is 91.1 Å². The van der Waals surface area contributed by atoms with Crippen LogP contribution in [0.5, 0.6) is 0 Å². The molecule has 7 nitrogen and oxygen atoms in total. The second-order valence-corrected chi connectivity index (χ2v) is 9.03. The van der Waals surface area contributed by atoms with E-state index in [1.807, 2.05) is 91.1 Å². The predicted molar refractivity (Wildman–Crippen MR) is 138 cm³/mol. The molecule has 0 saturated carbocycles. The lowest BCUT2D eigenvalue weighted by Gasteiger charge is -2.25. The van der Waals surface area contributed by atoms with Crippen molar-refractivity contribution in [1.82, 2.24) is 20.1 Å². The fourth-order valence-corrected chi connectivity index (χ4v) is 4.63. The van der Waals surface area contributed by atoms with Crippen molar-refractivity contribution in [3.8, 4) is 0 Å². The molecule has 2 N–H and O–H groups in total. The van der Waals surface area contributed by atoms with Crippen LogP contribution in [-0.4, -0.2) is 51.8 Å². The molecular weight excluding hydrogens is 452 g/mol. The zero-order chi connectivity index (χ0) is 24.9. The highest BCUT2D eigenvalue weighted by atomic mass is 16.2. The maximum atomic E-state index is 13.4. The minimum Gasteiger partial charge on any atom is -0.361 e. The van der Waals surface area contributed by atoms with Gasteiger partial charge in [-0.25, -0.2) is 4.79 Å². The van der Waals surface area contributed by atoms with Gasteiger partial charge < -0.3 is 15.2 Å². The summed E-state index contributed by atoms with van der Waals surface area (Å²) >= 11 is 0. The first-order valence-corrected chi connectivity index (χ1v) is 12.1. The van der Waals surface area contributed by atoms with Gasteiger partial charge in [-0.3, -0.25) is 14.5 Å². The van der Waals surface area contributed by atoms with Gasteiger partial charge in [0, 0.05) is 36.6 Å². The predicted octanol–water partition coefficient (Wildman–Crippen LogP) is 3.90. The molecule has 0 aliphatic carbocycles. The fourth-order valence-electron chi connectivity index (χ4n) is 4.63. The molecule has 0 unspecified atom stereocenters. The first-order chi connectivity index (χ1) is 17.6. The van der Waals surface area contributed by atoms with Gasteiger partial charge in [-0.1, -0.05) is 78.9 Å². The number of carbonyl (C=O) groups is 3. The number of benzene rings is 3. The van der Waals surface area contributed by atoms with Gasteiger partial charge in [0.1, 0.15) is 12.6 Å². The van der Waals surface area contributed by atoms with Crippen molar-refractivity contribution in [2.75, 3.05) is 13.1 Å². The third-order valence-electron chi connectivity index (χ3n) is 6.58. The van der Waals surface area contributed by atoms with E-state index in [-0.39, 0.29) is 18.4 Å². The van der Waals surface area contributed by atoms with Gasteiger partial charge in [-0.05, 0) is 29.2 Å². The quantitative estimate of drug-likeness (QED) is 0.356. The van der Waals surface area contributed by atoms with Crippen LogP contribution in [0.4, 0.5) is 4.79 Å². The van der Waals surface area contributed by atoms with E-state index in [1.165, 1.54) is 0 Å².